The van der Waals surface area contributed by atoms with Crippen molar-refractivity contribution in [1.82, 2.24) is 10.4 Å². The molecule has 0 saturated heterocycles. The van der Waals surface area contributed by atoms with E-state index in [9.17, 15) is 0 Å². The summed E-state index contributed by atoms with van der Waals surface area (Å²) in [6, 6.07) is 4.43. The first-order chi connectivity index (χ1) is 5.92. The van der Waals surface area contributed by atoms with E-state index in [4.69, 9.17) is 5.84 Å². The summed E-state index contributed by atoms with van der Waals surface area (Å²) >= 11 is 0. The Kier molecular flexibility index (Phi) is 2.15. The monoisotopic (exact) mass is 165 g/mol. The van der Waals surface area contributed by atoms with E-state index < -0.39 is 0 Å². The fourth-order valence-corrected chi connectivity index (χ4v) is 1.79. The fourth-order valence-electron chi connectivity index (χ4n) is 1.79. The highest BCUT2D eigenvalue weighted by Gasteiger charge is 2.27. The lowest BCUT2D eigenvalue weighted by molar-refractivity contribution is 0.229. The maximum Gasteiger partial charge on any atom is 0.0638 e. The second kappa shape index (κ2) is 3.29. The Morgan fingerprint density at radius 1 is 1.58 bits per heavy atom. The lowest BCUT2D eigenvalue weighted by Crippen LogP contribution is -2.36. The molecule has 66 valence electrons. The van der Waals surface area contributed by atoms with Crippen LogP contribution in [0.4, 0.5) is 0 Å². The molecule has 1 aromatic rings. The molecule has 2 rings (SSSR count). The van der Waals surface area contributed by atoms with Crippen LogP contribution in [0.15, 0.2) is 18.3 Å². The Morgan fingerprint density at radius 3 is 2.83 bits per heavy atom. The molecule has 12 heavy (non-hydrogen) atoms. The molecule has 0 bridgehead atoms. The molecule has 1 unspecified atom stereocenters. The number of hydrogen-bond donors (Lipinski definition) is 3. The van der Waals surface area contributed by atoms with E-state index in [1.807, 2.05) is 12.3 Å². The van der Waals surface area contributed by atoms with Crippen LogP contribution in [0.25, 0.3) is 0 Å². The van der Waals surface area contributed by atoms with Crippen molar-refractivity contribution in [2.24, 2.45) is 11.8 Å². The van der Waals surface area contributed by atoms with Gasteiger partial charge in [-0.3, -0.25) is 11.3 Å². The molecular formula is C9H15N3. The molecule has 0 spiro atoms. The molecular weight excluding hydrogens is 150 g/mol. The second-order valence-electron chi connectivity index (χ2n) is 3.46. The third-order valence-electron chi connectivity index (χ3n) is 2.76. The standard InChI is InChI=1S/C9H15N3/c10-12-9(7-3-1-4-7)8-5-2-6-11-8/h2,5-7,9,11-12H,1,3-4,10H2. The average molecular weight is 165 g/mol. The Hall–Kier alpha value is -0.800. The minimum absolute atomic E-state index is 0.328. The first kappa shape index (κ1) is 7.83. The van der Waals surface area contributed by atoms with Crippen LogP contribution in [0.1, 0.15) is 31.0 Å². The Morgan fingerprint density at radius 2 is 2.42 bits per heavy atom. The number of H-pyrrole nitrogens is 1. The number of hydrazine groups is 1. The Balaban J connectivity index is 2.07. The van der Waals surface area contributed by atoms with Crippen molar-refractivity contribution in [2.45, 2.75) is 25.3 Å². The third-order valence-corrected chi connectivity index (χ3v) is 2.76. The lowest BCUT2D eigenvalue weighted by Gasteiger charge is -2.32. The van der Waals surface area contributed by atoms with Crippen LogP contribution in [0.5, 0.6) is 0 Å². The molecule has 0 amide bonds. The number of aromatic nitrogens is 1. The number of aromatic amines is 1. The molecule has 1 aliphatic rings. The van der Waals surface area contributed by atoms with Crippen molar-refractivity contribution < 1.29 is 0 Å². The highest BCUT2D eigenvalue weighted by Crippen LogP contribution is 2.36. The number of hydrogen-bond acceptors (Lipinski definition) is 2. The zero-order valence-electron chi connectivity index (χ0n) is 7.09. The van der Waals surface area contributed by atoms with Crippen LogP contribution < -0.4 is 11.3 Å². The van der Waals surface area contributed by atoms with Gasteiger partial charge in [0.25, 0.3) is 0 Å². The predicted octanol–water partition coefficient (Wildman–Crippen LogP) is 1.32. The summed E-state index contributed by atoms with van der Waals surface area (Å²) in [4.78, 5) is 3.19. The van der Waals surface area contributed by atoms with Gasteiger partial charge in [0, 0.05) is 11.9 Å². The lowest BCUT2D eigenvalue weighted by atomic mass is 9.79. The van der Waals surface area contributed by atoms with Gasteiger partial charge in [0.05, 0.1) is 6.04 Å². The summed E-state index contributed by atoms with van der Waals surface area (Å²) in [5.74, 6) is 6.23. The van der Waals surface area contributed by atoms with Crippen molar-refractivity contribution >= 4 is 0 Å². The average Bonchev–Trinajstić information content (AvgIpc) is 2.47. The predicted molar refractivity (Wildman–Crippen MR) is 48.2 cm³/mol. The molecule has 1 atom stereocenters. The van der Waals surface area contributed by atoms with Gasteiger partial charge in [-0.1, -0.05) is 6.42 Å². The van der Waals surface area contributed by atoms with Crippen LogP contribution in [0.2, 0.25) is 0 Å². The summed E-state index contributed by atoms with van der Waals surface area (Å²) in [5, 5.41) is 0. The highest BCUT2D eigenvalue weighted by molar-refractivity contribution is 5.11. The second-order valence-corrected chi connectivity index (χ2v) is 3.46. The van der Waals surface area contributed by atoms with Gasteiger partial charge in [0.1, 0.15) is 0 Å². The SMILES string of the molecule is NNC(c1ccc[nH]1)C1CCC1. The van der Waals surface area contributed by atoms with E-state index in [0.717, 1.165) is 5.92 Å². The van der Waals surface area contributed by atoms with Crippen LogP contribution in [-0.2, 0) is 0 Å². The molecule has 1 saturated carbocycles. The summed E-state index contributed by atoms with van der Waals surface area (Å²) in [6.45, 7) is 0. The quantitative estimate of drug-likeness (QED) is 0.467. The molecule has 1 heterocycles. The van der Waals surface area contributed by atoms with E-state index >= 15 is 0 Å². The number of nitrogens with two attached hydrogens (primary N) is 1. The van der Waals surface area contributed by atoms with Crippen molar-refractivity contribution in [2.75, 3.05) is 0 Å². The highest BCUT2D eigenvalue weighted by atomic mass is 15.2. The Bertz CT molecular complexity index is 226. The molecule has 1 fully saturated rings. The molecule has 0 aliphatic heterocycles. The van der Waals surface area contributed by atoms with Gasteiger partial charge in [-0.05, 0) is 30.9 Å². The summed E-state index contributed by atoms with van der Waals surface area (Å²) in [6.07, 6.45) is 5.89. The van der Waals surface area contributed by atoms with Gasteiger partial charge in [-0.2, -0.15) is 0 Å². The molecule has 0 radical (unpaired) electrons. The summed E-state index contributed by atoms with van der Waals surface area (Å²) < 4.78 is 0. The molecule has 1 aromatic heterocycles. The first-order valence-corrected chi connectivity index (χ1v) is 4.51. The first-order valence-electron chi connectivity index (χ1n) is 4.51. The van der Waals surface area contributed by atoms with Crippen LogP contribution >= 0.6 is 0 Å². The van der Waals surface area contributed by atoms with Gasteiger partial charge in [-0.15, -0.1) is 0 Å². The van der Waals surface area contributed by atoms with E-state index in [0.29, 0.717) is 6.04 Å². The van der Waals surface area contributed by atoms with Crippen molar-refractivity contribution in [3.05, 3.63) is 24.0 Å². The van der Waals surface area contributed by atoms with E-state index in [1.54, 1.807) is 0 Å². The van der Waals surface area contributed by atoms with Gasteiger partial charge < -0.3 is 4.98 Å². The van der Waals surface area contributed by atoms with Gasteiger partial charge in [0.15, 0.2) is 0 Å². The topological polar surface area (TPSA) is 53.8 Å². The maximum atomic E-state index is 5.50. The normalized spacial score (nSPS) is 20.4. The van der Waals surface area contributed by atoms with E-state index in [2.05, 4.69) is 16.5 Å². The van der Waals surface area contributed by atoms with Crippen LogP contribution in [0, 0.1) is 5.92 Å². The smallest absolute Gasteiger partial charge is 0.0638 e. The third kappa shape index (κ3) is 1.26. The largest absolute Gasteiger partial charge is 0.364 e. The van der Waals surface area contributed by atoms with E-state index in [1.165, 1.54) is 25.0 Å². The van der Waals surface area contributed by atoms with E-state index in [-0.39, 0.29) is 0 Å². The molecule has 3 heteroatoms. The fraction of sp³-hybridized carbons (Fsp3) is 0.556. The Labute approximate surface area is 72.3 Å². The maximum absolute atomic E-state index is 5.50. The minimum Gasteiger partial charge on any atom is -0.364 e. The minimum atomic E-state index is 0.328. The number of nitrogens with one attached hydrogen (secondary N) is 2. The molecule has 0 aromatic carbocycles. The summed E-state index contributed by atoms with van der Waals surface area (Å²) in [5.41, 5.74) is 4.09. The zero-order valence-corrected chi connectivity index (χ0v) is 7.09. The van der Waals surface area contributed by atoms with Crippen LogP contribution in [-0.4, -0.2) is 4.98 Å². The summed E-state index contributed by atoms with van der Waals surface area (Å²) in [7, 11) is 0. The van der Waals surface area contributed by atoms with Crippen LogP contribution in [0.3, 0.4) is 0 Å². The number of rotatable bonds is 3. The van der Waals surface area contributed by atoms with Gasteiger partial charge >= 0.3 is 0 Å². The van der Waals surface area contributed by atoms with Crippen molar-refractivity contribution in [3.8, 4) is 0 Å². The zero-order chi connectivity index (χ0) is 8.39. The van der Waals surface area contributed by atoms with Gasteiger partial charge in [0.2, 0.25) is 0 Å². The molecule has 4 N–H and O–H groups in total. The molecule has 1 aliphatic carbocycles. The van der Waals surface area contributed by atoms with Gasteiger partial charge in [-0.25, -0.2) is 0 Å². The molecule has 3 nitrogen and oxygen atoms in total. The van der Waals surface area contributed by atoms with Crippen molar-refractivity contribution in [3.63, 3.8) is 0 Å². The van der Waals surface area contributed by atoms with Crippen molar-refractivity contribution in [1.29, 1.82) is 0 Å².